The molecule has 1 aliphatic rings. The summed E-state index contributed by atoms with van der Waals surface area (Å²) in [5.41, 5.74) is 15.9. The number of halogens is 1. The molecule has 1 heterocycles. The molecule has 1 aromatic heterocycles. The number of anilines is 2. The minimum Gasteiger partial charge on any atom is -0.497 e. The molecule has 14 heteroatoms. The second kappa shape index (κ2) is 20.1. The summed E-state index contributed by atoms with van der Waals surface area (Å²) in [6, 6.07) is 26.3. The van der Waals surface area contributed by atoms with E-state index < -0.39 is 29.9 Å². The molecule has 58 heavy (non-hydrogen) atoms. The molecule has 4 aromatic carbocycles. The highest BCUT2D eigenvalue weighted by Crippen LogP contribution is 2.28. The number of benzene rings is 4. The SMILES string of the molecule is COc1ccc(NC(=O)N[C@H](CCCN=C(N)N)C(=O)N[C@H](Cc2ccccc2)C(=O)Nc2ccc3c(c2)c(CNC2CCCC2)cn3Cc2ccc(F)cc2)cc1. The van der Waals surface area contributed by atoms with E-state index in [-0.39, 0.29) is 31.2 Å². The number of amides is 4. The number of fused-ring (bicyclic) bond motifs is 1. The fourth-order valence-electron chi connectivity index (χ4n) is 7.22. The van der Waals surface area contributed by atoms with Crippen LogP contribution in [0.15, 0.2) is 108 Å². The van der Waals surface area contributed by atoms with E-state index >= 15 is 0 Å². The molecule has 1 aliphatic carbocycles. The van der Waals surface area contributed by atoms with Gasteiger partial charge in [-0.15, -0.1) is 0 Å². The third-order valence-electron chi connectivity index (χ3n) is 10.3. The van der Waals surface area contributed by atoms with Crippen molar-refractivity contribution in [2.24, 2.45) is 16.5 Å². The van der Waals surface area contributed by atoms with Crippen molar-refractivity contribution in [2.45, 2.75) is 76.2 Å². The maximum absolute atomic E-state index is 14.2. The van der Waals surface area contributed by atoms with Crippen molar-refractivity contribution in [1.82, 2.24) is 20.5 Å². The number of hydrogen-bond acceptors (Lipinski definition) is 6. The molecule has 0 radical (unpaired) electrons. The smallest absolute Gasteiger partial charge is 0.319 e. The Morgan fingerprint density at radius 2 is 1.57 bits per heavy atom. The zero-order valence-electron chi connectivity index (χ0n) is 32.7. The van der Waals surface area contributed by atoms with Gasteiger partial charge in [0.25, 0.3) is 0 Å². The number of carbonyl (C=O) groups is 3. The summed E-state index contributed by atoms with van der Waals surface area (Å²) in [6.45, 7) is 1.45. The van der Waals surface area contributed by atoms with Crippen LogP contribution in [0.3, 0.4) is 0 Å². The van der Waals surface area contributed by atoms with Gasteiger partial charge >= 0.3 is 6.03 Å². The Morgan fingerprint density at radius 3 is 2.28 bits per heavy atom. The number of ether oxygens (including phenoxy) is 1. The minimum atomic E-state index is -1.02. The molecule has 0 aliphatic heterocycles. The molecular formula is C44H52FN9O4. The molecule has 5 aromatic rings. The quantitative estimate of drug-likeness (QED) is 0.0333. The van der Waals surface area contributed by atoms with Gasteiger partial charge in [-0.1, -0.05) is 55.3 Å². The number of carbonyl (C=O) groups excluding carboxylic acids is 3. The van der Waals surface area contributed by atoms with E-state index in [0.29, 0.717) is 42.7 Å². The third kappa shape index (κ3) is 11.8. The Balaban J connectivity index is 1.22. The van der Waals surface area contributed by atoms with E-state index in [0.717, 1.165) is 40.4 Å². The van der Waals surface area contributed by atoms with Crippen molar-refractivity contribution >= 4 is 46.1 Å². The summed E-state index contributed by atoms with van der Waals surface area (Å²) in [4.78, 5) is 45.4. The van der Waals surface area contributed by atoms with E-state index in [1.807, 2.05) is 48.5 Å². The number of rotatable bonds is 18. The zero-order chi connectivity index (χ0) is 40.9. The molecule has 0 bridgehead atoms. The first-order chi connectivity index (χ1) is 28.1. The minimum absolute atomic E-state index is 0.0781. The average Bonchev–Trinajstić information content (AvgIpc) is 3.87. The van der Waals surface area contributed by atoms with Gasteiger partial charge in [0.15, 0.2) is 5.96 Å². The Kier molecular flexibility index (Phi) is 14.3. The van der Waals surface area contributed by atoms with Gasteiger partial charge in [0, 0.05) is 60.6 Å². The molecule has 2 atom stereocenters. The van der Waals surface area contributed by atoms with E-state index in [1.165, 1.54) is 25.0 Å². The highest BCUT2D eigenvalue weighted by atomic mass is 19.1. The molecular weight excluding hydrogens is 738 g/mol. The Morgan fingerprint density at radius 1 is 0.845 bits per heavy atom. The van der Waals surface area contributed by atoms with Crippen LogP contribution >= 0.6 is 0 Å². The fraction of sp³-hybridized carbons (Fsp3) is 0.318. The van der Waals surface area contributed by atoms with Crippen molar-refractivity contribution in [2.75, 3.05) is 24.3 Å². The summed E-state index contributed by atoms with van der Waals surface area (Å²) < 4.78 is 21.0. The standard InChI is InChI=1S/C44H52FN9O4/c1-58-36-20-17-34(18-21-36)51-44(57)53-38(12-7-23-48-43(46)47)41(55)52-39(24-29-8-3-2-4-9-29)42(56)50-35-19-22-40-37(25-35)31(26-49-33-10-5-6-11-33)28-54(40)27-30-13-15-32(45)16-14-30/h2-4,8-9,13-22,25,28,33,38-39,49H,5-7,10-12,23-24,26-27H2,1H3,(H,50,56)(H,52,55)(H4,46,47,48)(H2,51,53,57)/t38-,39-/m1/s1. The van der Waals surface area contributed by atoms with Crippen molar-refractivity contribution in [1.29, 1.82) is 0 Å². The number of aromatic nitrogens is 1. The zero-order valence-corrected chi connectivity index (χ0v) is 32.7. The molecule has 0 spiro atoms. The van der Waals surface area contributed by atoms with Crippen LogP contribution in [-0.4, -0.2) is 60.2 Å². The molecule has 0 saturated heterocycles. The summed E-state index contributed by atoms with van der Waals surface area (Å²) in [7, 11) is 1.55. The van der Waals surface area contributed by atoms with E-state index in [9.17, 15) is 18.8 Å². The Bertz CT molecular complexity index is 2170. The van der Waals surface area contributed by atoms with Gasteiger partial charge in [-0.25, -0.2) is 9.18 Å². The topological polar surface area (TPSA) is 190 Å². The van der Waals surface area contributed by atoms with Gasteiger partial charge in [-0.05, 0) is 97.0 Å². The molecule has 6 rings (SSSR count). The molecule has 1 saturated carbocycles. The average molecular weight is 790 g/mol. The Labute approximate surface area is 337 Å². The van der Waals surface area contributed by atoms with Gasteiger partial charge in [-0.3, -0.25) is 14.6 Å². The van der Waals surface area contributed by atoms with Gasteiger partial charge in [0.1, 0.15) is 23.7 Å². The highest BCUT2D eigenvalue weighted by Gasteiger charge is 2.28. The van der Waals surface area contributed by atoms with Crippen LogP contribution in [0.1, 0.15) is 55.2 Å². The summed E-state index contributed by atoms with van der Waals surface area (Å²) in [5, 5.41) is 16.2. The van der Waals surface area contributed by atoms with Gasteiger partial charge in [-0.2, -0.15) is 0 Å². The van der Waals surface area contributed by atoms with E-state index in [2.05, 4.69) is 42.3 Å². The maximum atomic E-state index is 14.2. The molecule has 1 fully saturated rings. The second-order valence-electron chi connectivity index (χ2n) is 14.6. The number of nitrogens with one attached hydrogen (secondary N) is 5. The van der Waals surface area contributed by atoms with Crippen LogP contribution in [0, 0.1) is 5.82 Å². The molecule has 304 valence electrons. The normalized spacial score (nSPS) is 13.7. The van der Waals surface area contributed by atoms with E-state index in [4.69, 9.17) is 16.2 Å². The number of hydrogen-bond donors (Lipinski definition) is 7. The van der Waals surface area contributed by atoms with Gasteiger partial charge < -0.3 is 47.4 Å². The van der Waals surface area contributed by atoms with Crippen LogP contribution in [-0.2, 0) is 29.1 Å². The first kappa shape index (κ1) is 41.2. The Hall–Kier alpha value is -6.41. The molecule has 0 unspecified atom stereocenters. The third-order valence-corrected chi connectivity index (χ3v) is 10.3. The van der Waals surface area contributed by atoms with Crippen LogP contribution in [0.4, 0.5) is 20.6 Å². The molecule has 13 nitrogen and oxygen atoms in total. The predicted octanol–water partition coefficient (Wildman–Crippen LogP) is 5.78. The summed E-state index contributed by atoms with van der Waals surface area (Å²) >= 11 is 0. The number of nitrogens with zero attached hydrogens (tertiary/aromatic N) is 2. The van der Waals surface area contributed by atoms with Crippen LogP contribution in [0.5, 0.6) is 5.75 Å². The van der Waals surface area contributed by atoms with Crippen molar-refractivity contribution in [3.05, 3.63) is 126 Å². The number of methoxy groups -OCH3 is 1. The number of guanidine groups is 1. The van der Waals surface area contributed by atoms with Gasteiger partial charge in [0.05, 0.1) is 7.11 Å². The van der Waals surface area contributed by atoms with Crippen LogP contribution in [0.25, 0.3) is 10.9 Å². The van der Waals surface area contributed by atoms with Crippen molar-refractivity contribution in [3.63, 3.8) is 0 Å². The van der Waals surface area contributed by atoms with E-state index in [1.54, 1.807) is 43.5 Å². The van der Waals surface area contributed by atoms with Crippen molar-refractivity contribution < 1.29 is 23.5 Å². The lowest BCUT2D eigenvalue weighted by Crippen LogP contribution is -2.54. The summed E-state index contributed by atoms with van der Waals surface area (Å²) in [5.74, 6) is -0.697. The van der Waals surface area contributed by atoms with Crippen molar-refractivity contribution in [3.8, 4) is 5.75 Å². The molecule has 4 amide bonds. The molecule has 9 N–H and O–H groups in total. The largest absolute Gasteiger partial charge is 0.497 e. The van der Waals surface area contributed by atoms with Crippen LogP contribution < -0.4 is 42.8 Å². The lowest BCUT2D eigenvalue weighted by Gasteiger charge is -2.23. The predicted molar refractivity (Wildman–Crippen MR) is 226 cm³/mol. The number of nitrogens with two attached hydrogens (primary N) is 2. The maximum Gasteiger partial charge on any atom is 0.319 e. The van der Waals surface area contributed by atoms with Crippen LogP contribution in [0.2, 0.25) is 0 Å². The second-order valence-corrected chi connectivity index (χ2v) is 14.6. The monoisotopic (exact) mass is 789 g/mol. The number of urea groups is 1. The van der Waals surface area contributed by atoms with Gasteiger partial charge in [0.2, 0.25) is 11.8 Å². The lowest BCUT2D eigenvalue weighted by molar-refractivity contribution is -0.127. The first-order valence-electron chi connectivity index (χ1n) is 19.6. The highest BCUT2D eigenvalue weighted by molar-refractivity contribution is 6.01. The first-order valence-corrected chi connectivity index (χ1v) is 19.6. The lowest BCUT2D eigenvalue weighted by atomic mass is 10.0. The fourth-order valence-corrected chi connectivity index (χ4v) is 7.22. The number of aliphatic imine (C=N–C) groups is 1. The summed E-state index contributed by atoms with van der Waals surface area (Å²) in [6.07, 6.45) is 7.61.